The van der Waals surface area contributed by atoms with Crippen LogP contribution in [-0.2, 0) is 12.8 Å². The lowest BCUT2D eigenvalue weighted by atomic mass is 9.84. The molecular formula is C34H44ClN5. The summed E-state index contributed by atoms with van der Waals surface area (Å²) in [4.78, 5) is 14.4. The maximum Gasteiger partial charge on any atom is 0.115 e. The van der Waals surface area contributed by atoms with Crippen LogP contribution in [-0.4, -0.2) is 46.7 Å². The molecule has 1 atom stereocenters. The Labute approximate surface area is 246 Å². The molecule has 40 heavy (non-hydrogen) atoms. The van der Waals surface area contributed by atoms with Gasteiger partial charge in [0.25, 0.3) is 0 Å². The maximum absolute atomic E-state index is 9.22. The quantitative estimate of drug-likeness (QED) is 0.229. The van der Waals surface area contributed by atoms with Crippen molar-refractivity contribution in [2.24, 2.45) is 10.9 Å². The summed E-state index contributed by atoms with van der Waals surface area (Å²) in [5.74, 6) is 0.173. The summed E-state index contributed by atoms with van der Waals surface area (Å²) in [6.07, 6.45) is 9.59. The number of piperazine rings is 1. The molecule has 0 radical (unpaired) electrons. The van der Waals surface area contributed by atoms with Crippen LogP contribution in [0.25, 0.3) is 16.6 Å². The molecule has 1 aliphatic heterocycles. The molecule has 0 amide bonds. The highest BCUT2D eigenvalue weighted by Gasteiger charge is 2.26. The second-order valence-corrected chi connectivity index (χ2v) is 10.6. The molecule has 2 aliphatic rings. The fourth-order valence-electron chi connectivity index (χ4n) is 5.44. The molecule has 4 rings (SSSR count). The molecule has 6 heteroatoms. The highest BCUT2D eigenvalue weighted by atomic mass is 35.5. The topological polar surface area (TPSA) is 55.5 Å². The summed E-state index contributed by atoms with van der Waals surface area (Å²) >= 11 is 6.93. The summed E-state index contributed by atoms with van der Waals surface area (Å²) in [5.41, 5.74) is 7.71. The largest absolute Gasteiger partial charge is 0.372 e. The fraction of sp³-hybridized carbons (Fsp3) is 0.441. The van der Waals surface area contributed by atoms with Gasteiger partial charge in [-0.3, -0.25) is 4.98 Å². The van der Waals surface area contributed by atoms with Gasteiger partial charge in [0.2, 0.25) is 0 Å². The van der Waals surface area contributed by atoms with Crippen LogP contribution in [0.2, 0.25) is 5.02 Å². The highest BCUT2D eigenvalue weighted by Crippen LogP contribution is 2.38. The first kappa shape index (κ1) is 31.2. The third-order valence-electron chi connectivity index (χ3n) is 7.71. The summed E-state index contributed by atoms with van der Waals surface area (Å²) in [7, 11) is 0. The van der Waals surface area contributed by atoms with E-state index in [2.05, 4.69) is 65.7 Å². The van der Waals surface area contributed by atoms with Gasteiger partial charge in [-0.25, -0.2) is 4.99 Å². The number of allylic oxidation sites excluding steroid dienone is 4. The molecule has 1 unspecified atom stereocenters. The van der Waals surface area contributed by atoms with E-state index in [-0.39, 0.29) is 5.92 Å². The number of hydrogen-bond donors (Lipinski definition) is 0. The first-order chi connectivity index (χ1) is 19.4. The third kappa shape index (κ3) is 7.23. The zero-order valence-corrected chi connectivity index (χ0v) is 25.5. The van der Waals surface area contributed by atoms with Gasteiger partial charge in [-0.1, -0.05) is 76.7 Å². The van der Waals surface area contributed by atoms with E-state index in [0.29, 0.717) is 5.71 Å². The number of unbranched alkanes of at least 4 members (excludes halogenated alkanes) is 1. The molecular weight excluding hydrogens is 514 g/mol. The molecule has 5 nitrogen and oxygen atoms in total. The lowest BCUT2D eigenvalue weighted by molar-refractivity contribution is 0.209. The van der Waals surface area contributed by atoms with Crippen LogP contribution >= 0.6 is 11.6 Å². The van der Waals surface area contributed by atoms with E-state index >= 15 is 0 Å². The Morgan fingerprint density at radius 2 is 1.90 bits per heavy atom. The number of aromatic nitrogens is 1. The Bertz CT molecular complexity index is 1340. The zero-order valence-electron chi connectivity index (χ0n) is 24.8. The van der Waals surface area contributed by atoms with E-state index < -0.39 is 0 Å². The number of halogens is 1. The second-order valence-electron chi connectivity index (χ2n) is 10.2. The van der Waals surface area contributed by atoms with Crippen LogP contribution < -0.4 is 0 Å². The van der Waals surface area contributed by atoms with Crippen molar-refractivity contribution in [3.63, 3.8) is 0 Å². The zero-order chi connectivity index (χ0) is 29.2. The number of aliphatic imine (C=N–C) groups is 1. The highest BCUT2D eigenvalue weighted by molar-refractivity contribution is 6.36. The molecule has 0 spiro atoms. The van der Waals surface area contributed by atoms with Crippen molar-refractivity contribution in [3.05, 3.63) is 83.3 Å². The molecule has 212 valence electrons. The molecule has 0 bridgehead atoms. The van der Waals surface area contributed by atoms with E-state index in [1.165, 1.54) is 18.5 Å². The Kier molecular flexibility index (Phi) is 11.6. The molecule has 2 aromatic rings. The maximum atomic E-state index is 9.22. The van der Waals surface area contributed by atoms with Crippen LogP contribution in [0.15, 0.2) is 66.5 Å². The minimum atomic E-state index is 0.173. The van der Waals surface area contributed by atoms with Crippen LogP contribution in [0.3, 0.4) is 0 Å². The smallest absolute Gasteiger partial charge is 0.115 e. The van der Waals surface area contributed by atoms with Crippen molar-refractivity contribution in [1.29, 1.82) is 5.26 Å². The summed E-state index contributed by atoms with van der Waals surface area (Å²) in [6.45, 7) is 24.3. The number of rotatable bonds is 9. The van der Waals surface area contributed by atoms with Crippen molar-refractivity contribution in [2.75, 3.05) is 26.2 Å². The number of hydrogen-bond acceptors (Lipinski definition) is 5. The van der Waals surface area contributed by atoms with Gasteiger partial charge in [0.05, 0.1) is 10.5 Å². The van der Waals surface area contributed by atoms with Crippen molar-refractivity contribution >= 4 is 33.9 Å². The molecule has 0 N–H and O–H groups in total. The number of pyridine rings is 1. The summed E-state index contributed by atoms with van der Waals surface area (Å²) in [5, 5.41) is 11.0. The number of benzene rings is 1. The average Bonchev–Trinajstić information content (AvgIpc) is 2.99. The lowest BCUT2D eigenvalue weighted by Gasteiger charge is -2.39. The lowest BCUT2D eigenvalue weighted by Crippen LogP contribution is -2.44. The van der Waals surface area contributed by atoms with E-state index in [9.17, 15) is 5.26 Å². The van der Waals surface area contributed by atoms with Crippen molar-refractivity contribution in [2.45, 2.75) is 66.2 Å². The van der Waals surface area contributed by atoms with Gasteiger partial charge in [-0.2, -0.15) is 5.26 Å². The number of nitriles is 1. The Balaban J connectivity index is 0.00000216. The number of fused-ring (bicyclic) bond motifs is 2. The molecule has 1 aliphatic carbocycles. The SMILES string of the molecule is C=C/C=C(\N=C(C)C#N)C1CCc2c(nc3cc(C(=C)N4CCN(C(=C)CCCC)CC4)ccc3c2Cl)C1.CC. The monoisotopic (exact) mass is 557 g/mol. The van der Waals surface area contributed by atoms with Crippen LogP contribution in [0.5, 0.6) is 0 Å². The van der Waals surface area contributed by atoms with Gasteiger partial charge in [-0.15, -0.1) is 0 Å². The molecule has 1 saturated heterocycles. The van der Waals surface area contributed by atoms with Crippen molar-refractivity contribution in [3.8, 4) is 6.07 Å². The fourth-order valence-corrected chi connectivity index (χ4v) is 5.80. The van der Waals surface area contributed by atoms with Crippen LogP contribution in [0.4, 0.5) is 0 Å². The predicted molar refractivity (Wildman–Crippen MR) is 171 cm³/mol. The predicted octanol–water partition coefficient (Wildman–Crippen LogP) is 8.37. The van der Waals surface area contributed by atoms with Crippen molar-refractivity contribution < 1.29 is 0 Å². The normalized spacial score (nSPS) is 17.4. The second kappa shape index (κ2) is 14.9. The Hall–Kier alpha value is -3.36. The third-order valence-corrected chi connectivity index (χ3v) is 8.14. The molecule has 1 fully saturated rings. The van der Waals surface area contributed by atoms with E-state index in [1.54, 1.807) is 13.0 Å². The number of nitrogens with zero attached hydrogens (tertiary/aromatic N) is 5. The average molecular weight is 558 g/mol. The summed E-state index contributed by atoms with van der Waals surface area (Å²) in [6, 6.07) is 8.45. The van der Waals surface area contributed by atoms with Gasteiger partial charge < -0.3 is 9.80 Å². The molecule has 2 heterocycles. The first-order valence-corrected chi connectivity index (χ1v) is 15.0. The van der Waals surface area contributed by atoms with Crippen LogP contribution in [0.1, 0.15) is 70.2 Å². The standard InChI is InChI=1S/C32H38ClN5.C2H6/c1-6-8-10-23(4)37-15-17-38(18-16-37)24(5)25-11-13-27-30(19-25)36-31-20-26(12-14-28(31)32(27)33)29(9-7-2)35-22(3)21-34;1-2/h7,9,11,13,19,26H,2,4-6,8,10,12,14-18,20H2,1,3H3;1-2H3/b29-9-,35-22?;. The van der Waals surface area contributed by atoms with Gasteiger partial charge >= 0.3 is 0 Å². The minimum Gasteiger partial charge on any atom is -0.372 e. The van der Waals surface area contributed by atoms with E-state index in [1.807, 2.05) is 19.9 Å². The Morgan fingerprint density at radius 3 is 2.55 bits per heavy atom. The molecule has 0 saturated carbocycles. The van der Waals surface area contributed by atoms with Gasteiger partial charge in [0, 0.05) is 60.3 Å². The molecule has 1 aromatic carbocycles. The van der Waals surface area contributed by atoms with E-state index in [4.69, 9.17) is 16.6 Å². The van der Waals surface area contributed by atoms with Crippen molar-refractivity contribution in [1.82, 2.24) is 14.8 Å². The summed E-state index contributed by atoms with van der Waals surface area (Å²) < 4.78 is 0. The van der Waals surface area contributed by atoms with Crippen LogP contribution in [0, 0.1) is 17.2 Å². The van der Waals surface area contributed by atoms with Gasteiger partial charge in [0.15, 0.2) is 0 Å². The Morgan fingerprint density at radius 1 is 1.20 bits per heavy atom. The van der Waals surface area contributed by atoms with E-state index in [0.717, 1.165) is 96.0 Å². The van der Waals surface area contributed by atoms with Gasteiger partial charge in [-0.05, 0) is 62.3 Å². The minimum absolute atomic E-state index is 0.173. The molecule has 1 aromatic heterocycles. The first-order valence-electron chi connectivity index (χ1n) is 14.6. The van der Waals surface area contributed by atoms with Gasteiger partial charge in [0.1, 0.15) is 11.8 Å².